The molecule has 1 aromatic carbocycles. The molecule has 4 heteroatoms. The van der Waals surface area contributed by atoms with Crippen LogP contribution >= 0.6 is 0 Å². The van der Waals surface area contributed by atoms with E-state index in [-0.39, 0.29) is 11.7 Å². The molecule has 2 aromatic rings. The molecule has 94 valence electrons. The Kier molecular flexibility index (Phi) is 3.19. The van der Waals surface area contributed by atoms with Crippen molar-refractivity contribution in [3.8, 4) is 0 Å². The number of amides is 1. The summed E-state index contributed by atoms with van der Waals surface area (Å²) >= 11 is 0. The zero-order valence-corrected chi connectivity index (χ0v) is 11.0. The molecule has 0 aliphatic heterocycles. The van der Waals surface area contributed by atoms with Crippen LogP contribution in [0.4, 0.5) is 5.69 Å². The quantitative estimate of drug-likeness (QED) is 0.882. The molecule has 0 atom stereocenters. The number of aryl methyl sites for hydroxylation is 4. The second-order valence-corrected chi connectivity index (χ2v) is 4.42. The highest BCUT2D eigenvalue weighted by Gasteiger charge is 2.16. The Morgan fingerprint density at radius 2 is 1.94 bits per heavy atom. The van der Waals surface area contributed by atoms with Crippen LogP contribution in [0.2, 0.25) is 0 Å². The number of hydrogen-bond acceptors (Lipinski definition) is 3. The Morgan fingerprint density at radius 1 is 1.22 bits per heavy atom. The first-order valence-electron chi connectivity index (χ1n) is 5.80. The van der Waals surface area contributed by atoms with E-state index in [0.29, 0.717) is 11.6 Å². The third-order valence-electron chi connectivity index (χ3n) is 2.75. The lowest BCUT2D eigenvalue weighted by molar-refractivity contribution is 0.0994. The standard InChI is InChI=1S/C14H16N2O2/c1-8-5-6-9(2)12(7-8)16-14(17)13-10(3)15-11(4)18-13/h5-7H,1-4H3,(H,16,17). The van der Waals surface area contributed by atoms with Crippen molar-refractivity contribution < 1.29 is 9.21 Å². The summed E-state index contributed by atoms with van der Waals surface area (Å²) in [4.78, 5) is 16.2. The molecule has 0 aliphatic rings. The summed E-state index contributed by atoms with van der Waals surface area (Å²) in [7, 11) is 0. The molecule has 2 rings (SSSR count). The smallest absolute Gasteiger partial charge is 0.293 e. The van der Waals surface area contributed by atoms with Gasteiger partial charge in [-0.1, -0.05) is 12.1 Å². The summed E-state index contributed by atoms with van der Waals surface area (Å²) in [6.45, 7) is 7.42. The Hall–Kier alpha value is -2.10. The van der Waals surface area contributed by atoms with Gasteiger partial charge in [-0.3, -0.25) is 4.79 Å². The molecule has 0 spiro atoms. The van der Waals surface area contributed by atoms with Gasteiger partial charge < -0.3 is 9.73 Å². The van der Waals surface area contributed by atoms with Crippen molar-refractivity contribution in [1.82, 2.24) is 4.98 Å². The number of oxazole rings is 1. The van der Waals surface area contributed by atoms with Crippen molar-refractivity contribution in [3.63, 3.8) is 0 Å². The first-order valence-corrected chi connectivity index (χ1v) is 5.80. The third kappa shape index (κ3) is 2.42. The fourth-order valence-corrected chi connectivity index (χ4v) is 1.79. The maximum Gasteiger partial charge on any atom is 0.293 e. The van der Waals surface area contributed by atoms with Gasteiger partial charge in [0.25, 0.3) is 5.91 Å². The molecule has 1 aromatic heterocycles. The van der Waals surface area contributed by atoms with Crippen LogP contribution in [0.25, 0.3) is 0 Å². The third-order valence-corrected chi connectivity index (χ3v) is 2.75. The molecule has 0 fully saturated rings. The van der Waals surface area contributed by atoms with Gasteiger partial charge in [0, 0.05) is 12.6 Å². The highest BCUT2D eigenvalue weighted by Crippen LogP contribution is 2.18. The normalized spacial score (nSPS) is 10.4. The van der Waals surface area contributed by atoms with Gasteiger partial charge in [-0.05, 0) is 38.0 Å². The SMILES string of the molecule is Cc1ccc(C)c(NC(=O)c2oc(C)nc2C)c1. The number of rotatable bonds is 2. The van der Waals surface area contributed by atoms with E-state index < -0.39 is 0 Å². The van der Waals surface area contributed by atoms with Crippen LogP contribution in [-0.4, -0.2) is 10.9 Å². The minimum Gasteiger partial charge on any atom is -0.436 e. The molecular weight excluding hydrogens is 228 g/mol. The average molecular weight is 244 g/mol. The van der Waals surface area contributed by atoms with Crippen LogP contribution in [0.1, 0.15) is 33.3 Å². The number of aromatic nitrogens is 1. The molecule has 1 N–H and O–H groups in total. The first kappa shape index (κ1) is 12.4. The maximum atomic E-state index is 12.1. The van der Waals surface area contributed by atoms with Crippen LogP contribution in [0.5, 0.6) is 0 Å². The minimum absolute atomic E-state index is 0.262. The van der Waals surface area contributed by atoms with Gasteiger partial charge in [0.05, 0.1) is 5.69 Å². The fraction of sp³-hybridized carbons (Fsp3) is 0.286. The van der Waals surface area contributed by atoms with E-state index >= 15 is 0 Å². The number of anilines is 1. The summed E-state index contributed by atoms with van der Waals surface area (Å²) in [5.74, 6) is 0.508. The maximum absolute atomic E-state index is 12.1. The largest absolute Gasteiger partial charge is 0.436 e. The average Bonchev–Trinajstić information content (AvgIpc) is 2.63. The van der Waals surface area contributed by atoms with Gasteiger partial charge in [-0.15, -0.1) is 0 Å². The molecule has 0 radical (unpaired) electrons. The number of nitrogens with zero attached hydrogens (tertiary/aromatic N) is 1. The Balaban J connectivity index is 2.26. The minimum atomic E-state index is -0.262. The Labute approximate surface area is 106 Å². The molecule has 0 unspecified atom stereocenters. The zero-order valence-electron chi connectivity index (χ0n) is 11.0. The van der Waals surface area contributed by atoms with Gasteiger partial charge >= 0.3 is 0 Å². The molecule has 1 heterocycles. The van der Waals surface area contributed by atoms with E-state index in [1.165, 1.54) is 0 Å². The van der Waals surface area contributed by atoms with E-state index in [2.05, 4.69) is 10.3 Å². The molecule has 4 nitrogen and oxygen atoms in total. The summed E-state index contributed by atoms with van der Waals surface area (Å²) < 4.78 is 5.30. The fourth-order valence-electron chi connectivity index (χ4n) is 1.79. The molecule has 0 saturated carbocycles. The highest BCUT2D eigenvalue weighted by molar-refractivity contribution is 6.03. The predicted octanol–water partition coefficient (Wildman–Crippen LogP) is 3.16. The number of hydrogen-bond donors (Lipinski definition) is 1. The molecule has 0 aliphatic carbocycles. The van der Waals surface area contributed by atoms with Gasteiger partial charge in [0.2, 0.25) is 5.76 Å². The monoisotopic (exact) mass is 244 g/mol. The lowest BCUT2D eigenvalue weighted by Gasteiger charge is -2.08. The summed E-state index contributed by atoms with van der Waals surface area (Å²) in [6.07, 6.45) is 0. The second-order valence-electron chi connectivity index (χ2n) is 4.42. The number of carbonyl (C=O) groups excluding carboxylic acids is 1. The molecule has 18 heavy (non-hydrogen) atoms. The van der Waals surface area contributed by atoms with E-state index in [4.69, 9.17) is 4.42 Å². The van der Waals surface area contributed by atoms with Gasteiger partial charge in [0.15, 0.2) is 5.89 Å². The summed E-state index contributed by atoms with van der Waals surface area (Å²) in [6, 6.07) is 5.92. The highest BCUT2D eigenvalue weighted by atomic mass is 16.4. The van der Waals surface area contributed by atoms with E-state index in [0.717, 1.165) is 16.8 Å². The van der Waals surface area contributed by atoms with Crippen molar-refractivity contribution in [2.45, 2.75) is 27.7 Å². The van der Waals surface area contributed by atoms with E-state index in [1.807, 2.05) is 32.0 Å². The number of carbonyl (C=O) groups is 1. The van der Waals surface area contributed by atoms with Crippen LogP contribution in [0, 0.1) is 27.7 Å². The first-order chi connectivity index (χ1) is 8.47. The summed E-state index contributed by atoms with van der Waals surface area (Å²) in [5.41, 5.74) is 3.52. The lowest BCUT2D eigenvalue weighted by atomic mass is 10.1. The van der Waals surface area contributed by atoms with E-state index in [1.54, 1.807) is 13.8 Å². The summed E-state index contributed by atoms with van der Waals surface area (Å²) in [5, 5.41) is 2.85. The van der Waals surface area contributed by atoms with Crippen molar-refractivity contribution in [2.24, 2.45) is 0 Å². The Bertz CT molecular complexity index is 600. The van der Waals surface area contributed by atoms with Crippen LogP contribution in [-0.2, 0) is 0 Å². The molecule has 1 amide bonds. The van der Waals surface area contributed by atoms with Crippen molar-refractivity contribution in [2.75, 3.05) is 5.32 Å². The lowest BCUT2D eigenvalue weighted by Crippen LogP contribution is -2.13. The zero-order chi connectivity index (χ0) is 13.3. The molecule has 0 saturated heterocycles. The van der Waals surface area contributed by atoms with Crippen molar-refractivity contribution in [3.05, 3.63) is 46.7 Å². The van der Waals surface area contributed by atoms with Crippen LogP contribution < -0.4 is 5.32 Å². The number of benzene rings is 1. The predicted molar refractivity (Wildman–Crippen MR) is 69.8 cm³/mol. The van der Waals surface area contributed by atoms with Gasteiger partial charge in [0.1, 0.15) is 0 Å². The van der Waals surface area contributed by atoms with Gasteiger partial charge in [-0.25, -0.2) is 4.98 Å². The topological polar surface area (TPSA) is 55.1 Å². The van der Waals surface area contributed by atoms with Crippen LogP contribution in [0.15, 0.2) is 22.6 Å². The van der Waals surface area contributed by atoms with Crippen LogP contribution in [0.3, 0.4) is 0 Å². The molecule has 0 bridgehead atoms. The van der Waals surface area contributed by atoms with Crippen molar-refractivity contribution >= 4 is 11.6 Å². The number of nitrogens with one attached hydrogen (secondary N) is 1. The van der Waals surface area contributed by atoms with E-state index in [9.17, 15) is 4.79 Å². The Morgan fingerprint density at radius 3 is 2.56 bits per heavy atom. The second kappa shape index (κ2) is 4.64. The van der Waals surface area contributed by atoms with Crippen molar-refractivity contribution in [1.29, 1.82) is 0 Å². The van der Waals surface area contributed by atoms with Gasteiger partial charge in [-0.2, -0.15) is 0 Å². The molecular formula is C14H16N2O2.